The molecule has 0 radical (unpaired) electrons. The molecule has 1 aromatic carbocycles. The van der Waals surface area contributed by atoms with E-state index in [9.17, 15) is 17.6 Å². The second-order valence-electron chi connectivity index (χ2n) is 3.92. The third-order valence-corrected chi connectivity index (χ3v) is 3.82. The van der Waals surface area contributed by atoms with E-state index in [0.717, 1.165) is 18.2 Å². The van der Waals surface area contributed by atoms with Crippen molar-refractivity contribution in [2.24, 2.45) is 0 Å². The Hall–Kier alpha value is -2.02. The topological polar surface area (TPSA) is 108 Å². The fourth-order valence-corrected chi connectivity index (χ4v) is 2.36. The first-order chi connectivity index (χ1) is 9.90. The lowest BCUT2D eigenvalue weighted by atomic mass is 10.2. The van der Waals surface area contributed by atoms with Crippen LogP contribution in [-0.2, 0) is 19.6 Å². The van der Waals surface area contributed by atoms with Crippen LogP contribution in [0.1, 0.15) is 5.56 Å². The summed E-state index contributed by atoms with van der Waals surface area (Å²) in [6, 6.07) is 4.35. The maximum atomic E-state index is 13.1. The zero-order valence-electron chi connectivity index (χ0n) is 11.2. The second-order valence-corrected chi connectivity index (χ2v) is 5.69. The number of nitrogens with zero attached hydrogens (tertiary/aromatic N) is 1. The Kier molecular flexibility index (Phi) is 6.23. The molecule has 0 aromatic heterocycles. The lowest BCUT2D eigenvalue weighted by Gasteiger charge is -2.08. The average Bonchev–Trinajstić information content (AvgIpc) is 2.46. The SMILES string of the molecule is COCCNC(=O)CNS(=O)(=O)c1ccc(F)c(C#N)c1. The van der Waals surface area contributed by atoms with Crippen molar-refractivity contribution >= 4 is 15.9 Å². The average molecular weight is 315 g/mol. The number of carbonyl (C=O) groups excluding carboxylic acids is 1. The Labute approximate surface area is 121 Å². The molecule has 0 saturated carbocycles. The minimum atomic E-state index is -4.00. The summed E-state index contributed by atoms with van der Waals surface area (Å²) >= 11 is 0. The van der Waals surface area contributed by atoms with Gasteiger partial charge in [-0.1, -0.05) is 0 Å². The highest BCUT2D eigenvalue weighted by atomic mass is 32.2. The van der Waals surface area contributed by atoms with Gasteiger partial charge < -0.3 is 10.1 Å². The number of ether oxygens (including phenoxy) is 1. The Balaban J connectivity index is 2.70. The molecule has 2 N–H and O–H groups in total. The molecule has 0 aliphatic carbocycles. The van der Waals surface area contributed by atoms with Gasteiger partial charge in [-0.2, -0.15) is 5.26 Å². The lowest BCUT2D eigenvalue weighted by molar-refractivity contribution is -0.120. The molecular weight excluding hydrogens is 301 g/mol. The zero-order valence-corrected chi connectivity index (χ0v) is 12.0. The highest BCUT2D eigenvalue weighted by Gasteiger charge is 2.17. The number of hydrogen-bond acceptors (Lipinski definition) is 5. The van der Waals surface area contributed by atoms with Gasteiger partial charge in [-0.25, -0.2) is 17.5 Å². The van der Waals surface area contributed by atoms with E-state index in [1.54, 1.807) is 6.07 Å². The van der Waals surface area contributed by atoms with Crippen LogP contribution in [0.2, 0.25) is 0 Å². The van der Waals surface area contributed by atoms with Crippen molar-refractivity contribution in [3.63, 3.8) is 0 Å². The molecule has 0 unspecified atom stereocenters. The van der Waals surface area contributed by atoms with Crippen LogP contribution in [0.3, 0.4) is 0 Å². The summed E-state index contributed by atoms with van der Waals surface area (Å²) in [4.78, 5) is 11.1. The number of carbonyl (C=O) groups is 1. The van der Waals surface area contributed by atoms with Crippen LogP contribution in [-0.4, -0.2) is 41.1 Å². The molecule has 0 bridgehead atoms. The first-order valence-corrected chi connectivity index (χ1v) is 7.34. The molecule has 9 heteroatoms. The standard InChI is InChI=1S/C12H14FN3O4S/c1-20-5-4-15-12(17)8-16-21(18,19)10-2-3-11(13)9(6-10)7-14/h2-3,6,16H,4-5,8H2,1H3,(H,15,17). The van der Waals surface area contributed by atoms with Crippen molar-refractivity contribution in [2.45, 2.75) is 4.90 Å². The summed E-state index contributed by atoms with van der Waals surface area (Å²) < 4.78 is 43.7. The van der Waals surface area contributed by atoms with Crippen molar-refractivity contribution in [3.8, 4) is 6.07 Å². The van der Waals surface area contributed by atoms with Crippen LogP contribution < -0.4 is 10.0 Å². The smallest absolute Gasteiger partial charge is 0.241 e. The van der Waals surface area contributed by atoms with Crippen LogP contribution in [0, 0.1) is 17.1 Å². The number of rotatable bonds is 7. The maximum Gasteiger partial charge on any atom is 0.241 e. The molecule has 7 nitrogen and oxygen atoms in total. The number of hydrogen-bond donors (Lipinski definition) is 2. The molecule has 1 amide bonds. The number of halogens is 1. The molecule has 0 aliphatic rings. The predicted octanol–water partition coefficient (Wildman–Crippen LogP) is -0.262. The van der Waals surface area contributed by atoms with Gasteiger partial charge in [0.1, 0.15) is 11.9 Å². The summed E-state index contributed by atoms with van der Waals surface area (Å²) in [5.74, 6) is -1.34. The van der Waals surface area contributed by atoms with E-state index in [0.29, 0.717) is 6.61 Å². The summed E-state index contributed by atoms with van der Waals surface area (Å²) in [5, 5.41) is 11.1. The number of methoxy groups -OCH3 is 1. The van der Waals surface area contributed by atoms with Crippen molar-refractivity contribution < 1.29 is 22.3 Å². The molecule has 0 heterocycles. The molecule has 1 aromatic rings. The minimum absolute atomic E-state index is 0.256. The molecule has 1 rings (SSSR count). The number of benzene rings is 1. The first-order valence-electron chi connectivity index (χ1n) is 5.85. The van der Waals surface area contributed by atoms with E-state index in [-0.39, 0.29) is 17.0 Å². The van der Waals surface area contributed by atoms with Crippen LogP contribution in [0.4, 0.5) is 4.39 Å². The summed E-state index contributed by atoms with van der Waals surface area (Å²) in [7, 11) is -2.53. The molecule has 21 heavy (non-hydrogen) atoms. The van der Waals surface area contributed by atoms with Gasteiger partial charge in [-0.15, -0.1) is 0 Å². The van der Waals surface area contributed by atoms with E-state index in [1.807, 2.05) is 0 Å². The summed E-state index contributed by atoms with van der Waals surface area (Å²) in [6.07, 6.45) is 0. The number of sulfonamides is 1. The van der Waals surface area contributed by atoms with Gasteiger partial charge in [0.05, 0.1) is 23.6 Å². The van der Waals surface area contributed by atoms with Crippen molar-refractivity contribution in [2.75, 3.05) is 26.8 Å². The van der Waals surface area contributed by atoms with Gasteiger partial charge in [0.2, 0.25) is 15.9 Å². The monoisotopic (exact) mass is 315 g/mol. The molecule has 0 saturated heterocycles. The fraction of sp³-hybridized carbons (Fsp3) is 0.333. The van der Waals surface area contributed by atoms with Crippen molar-refractivity contribution in [3.05, 3.63) is 29.6 Å². The molecule has 0 atom stereocenters. The van der Waals surface area contributed by atoms with Crippen LogP contribution >= 0.6 is 0 Å². The Morgan fingerprint density at radius 1 is 1.48 bits per heavy atom. The molecule has 114 valence electrons. The quantitative estimate of drug-likeness (QED) is 0.674. The van der Waals surface area contributed by atoms with Gasteiger partial charge in [-0.05, 0) is 18.2 Å². The lowest BCUT2D eigenvalue weighted by Crippen LogP contribution is -2.38. The van der Waals surface area contributed by atoms with E-state index in [2.05, 4.69) is 10.0 Å². The Morgan fingerprint density at radius 2 is 2.19 bits per heavy atom. The van der Waals surface area contributed by atoms with Gasteiger partial charge in [0.25, 0.3) is 0 Å². The van der Waals surface area contributed by atoms with Gasteiger partial charge in [0, 0.05) is 13.7 Å². The van der Waals surface area contributed by atoms with E-state index < -0.39 is 28.3 Å². The van der Waals surface area contributed by atoms with Gasteiger partial charge >= 0.3 is 0 Å². The van der Waals surface area contributed by atoms with Gasteiger partial charge in [-0.3, -0.25) is 4.79 Å². The number of nitriles is 1. The maximum absolute atomic E-state index is 13.1. The predicted molar refractivity (Wildman–Crippen MR) is 71.2 cm³/mol. The van der Waals surface area contributed by atoms with Crippen LogP contribution in [0.25, 0.3) is 0 Å². The number of amides is 1. The number of nitrogens with one attached hydrogen (secondary N) is 2. The van der Waals surface area contributed by atoms with Crippen LogP contribution in [0.5, 0.6) is 0 Å². The summed E-state index contributed by atoms with van der Waals surface area (Å²) in [6.45, 7) is 0.0967. The molecular formula is C12H14FN3O4S. The van der Waals surface area contributed by atoms with Crippen LogP contribution in [0.15, 0.2) is 23.1 Å². The Morgan fingerprint density at radius 3 is 2.81 bits per heavy atom. The second kappa shape index (κ2) is 7.68. The minimum Gasteiger partial charge on any atom is -0.383 e. The summed E-state index contributed by atoms with van der Waals surface area (Å²) in [5.41, 5.74) is -0.387. The normalized spacial score (nSPS) is 10.9. The highest BCUT2D eigenvalue weighted by Crippen LogP contribution is 2.14. The van der Waals surface area contributed by atoms with E-state index in [4.69, 9.17) is 10.00 Å². The molecule has 0 spiro atoms. The molecule has 0 aliphatic heterocycles. The fourth-order valence-electron chi connectivity index (χ4n) is 1.36. The first kappa shape index (κ1) is 17.0. The van der Waals surface area contributed by atoms with E-state index in [1.165, 1.54) is 7.11 Å². The highest BCUT2D eigenvalue weighted by molar-refractivity contribution is 7.89. The Bertz CT molecular complexity index is 655. The van der Waals surface area contributed by atoms with E-state index >= 15 is 0 Å². The van der Waals surface area contributed by atoms with Crippen molar-refractivity contribution in [1.29, 1.82) is 5.26 Å². The third-order valence-electron chi connectivity index (χ3n) is 2.42. The molecule has 0 fully saturated rings. The largest absolute Gasteiger partial charge is 0.383 e. The zero-order chi connectivity index (χ0) is 15.9. The van der Waals surface area contributed by atoms with Gasteiger partial charge in [0.15, 0.2) is 0 Å². The third kappa shape index (κ3) is 5.11. The van der Waals surface area contributed by atoms with Crippen molar-refractivity contribution in [1.82, 2.24) is 10.0 Å².